The molecule has 0 aromatic heterocycles. The van der Waals surface area contributed by atoms with E-state index in [0.717, 1.165) is 5.56 Å². The van der Waals surface area contributed by atoms with E-state index in [-0.39, 0.29) is 23.4 Å². The Labute approximate surface area is 196 Å². The predicted octanol–water partition coefficient (Wildman–Crippen LogP) is 4.77. The fourth-order valence-corrected chi connectivity index (χ4v) is 4.16. The number of halogens is 1. The number of Topliss-reactive ketones (excluding diaryl/α,β-unsaturated/α-hetero) is 1. The van der Waals surface area contributed by atoms with Crippen LogP contribution in [0.2, 0.25) is 0 Å². The van der Waals surface area contributed by atoms with Crippen molar-refractivity contribution in [3.05, 3.63) is 100 Å². The summed E-state index contributed by atoms with van der Waals surface area (Å²) in [6, 6.07) is 17.1. The number of aryl methyl sites for hydroxylation is 1. The van der Waals surface area contributed by atoms with Crippen molar-refractivity contribution >= 4 is 17.4 Å². The van der Waals surface area contributed by atoms with Gasteiger partial charge in [0.15, 0.2) is 0 Å². The maximum Gasteiger partial charge on any atom is 0.295 e. The van der Waals surface area contributed by atoms with Gasteiger partial charge in [-0.05, 0) is 48.4 Å². The number of hydrogen-bond donors (Lipinski definition) is 1. The monoisotopic (exact) mass is 461 g/mol. The Morgan fingerprint density at radius 1 is 1.00 bits per heavy atom. The van der Waals surface area contributed by atoms with Gasteiger partial charge in [0.25, 0.3) is 11.7 Å². The van der Waals surface area contributed by atoms with E-state index in [2.05, 4.69) is 0 Å². The second kappa shape index (κ2) is 9.39. The van der Waals surface area contributed by atoms with Crippen LogP contribution in [0.4, 0.5) is 4.39 Å². The van der Waals surface area contributed by atoms with Crippen molar-refractivity contribution in [3.63, 3.8) is 0 Å². The average molecular weight is 461 g/mol. The lowest BCUT2D eigenvalue weighted by Gasteiger charge is -2.26. The molecule has 174 valence electrons. The number of carbonyl (C=O) groups is 2. The summed E-state index contributed by atoms with van der Waals surface area (Å²) in [5.41, 5.74) is 2.44. The Kier molecular flexibility index (Phi) is 6.36. The third kappa shape index (κ3) is 4.24. The van der Waals surface area contributed by atoms with Crippen LogP contribution in [0, 0.1) is 12.7 Å². The highest BCUT2D eigenvalue weighted by molar-refractivity contribution is 6.46. The third-order valence-corrected chi connectivity index (χ3v) is 5.83. The Morgan fingerprint density at radius 3 is 2.38 bits per heavy atom. The number of ether oxygens (including phenoxy) is 2. The van der Waals surface area contributed by atoms with Crippen LogP contribution in [0.15, 0.2) is 72.3 Å². The van der Waals surface area contributed by atoms with Crippen LogP contribution in [-0.4, -0.2) is 35.9 Å². The lowest BCUT2D eigenvalue weighted by atomic mass is 9.94. The van der Waals surface area contributed by atoms with Crippen LogP contribution in [0.3, 0.4) is 0 Å². The molecular weight excluding hydrogens is 437 g/mol. The fourth-order valence-electron chi connectivity index (χ4n) is 4.16. The number of aliphatic hydroxyl groups is 1. The standard InChI is InChI=1S/C27H24FNO5/c1-16-5-4-6-18(13-16)24-23(25(30)21-14-20(33-2)11-12-22(21)34-3)26(31)27(32)29(24)15-17-7-9-19(28)10-8-17/h4-14,24,30H,15H2,1-3H3/b25-23+. The molecule has 3 aromatic carbocycles. The van der Waals surface area contributed by atoms with E-state index < -0.39 is 23.5 Å². The molecule has 1 fully saturated rings. The van der Waals surface area contributed by atoms with E-state index in [0.29, 0.717) is 22.6 Å². The maximum atomic E-state index is 13.4. The number of benzene rings is 3. The quantitative estimate of drug-likeness (QED) is 0.325. The molecule has 0 bridgehead atoms. The fraction of sp³-hybridized carbons (Fsp3) is 0.185. The highest BCUT2D eigenvalue weighted by Gasteiger charge is 2.46. The molecule has 1 saturated heterocycles. The molecule has 1 amide bonds. The highest BCUT2D eigenvalue weighted by Crippen LogP contribution is 2.42. The molecule has 3 aromatic rings. The predicted molar refractivity (Wildman–Crippen MR) is 125 cm³/mol. The van der Waals surface area contributed by atoms with Crippen LogP contribution in [0.25, 0.3) is 5.76 Å². The van der Waals surface area contributed by atoms with Crippen LogP contribution >= 0.6 is 0 Å². The van der Waals surface area contributed by atoms with Gasteiger partial charge >= 0.3 is 0 Å². The van der Waals surface area contributed by atoms with E-state index in [1.165, 1.54) is 31.3 Å². The smallest absolute Gasteiger partial charge is 0.295 e. The number of amides is 1. The largest absolute Gasteiger partial charge is 0.507 e. The van der Waals surface area contributed by atoms with Crippen molar-refractivity contribution in [1.29, 1.82) is 0 Å². The third-order valence-electron chi connectivity index (χ3n) is 5.83. The van der Waals surface area contributed by atoms with Gasteiger partial charge in [-0.2, -0.15) is 0 Å². The normalized spacial score (nSPS) is 17.2. The zero-order valence-corrected chi connectivity index (χ0v) is 19.0. The molecule has 1 atom stereocenters. The van der Waals surface area contributed by atoms with E-state index in [1.807, 2.05) is 25.1 Å². The van der Waals surface area contributed by atoms with Gasteiger partial charge in [0.2, 0.25) is 0 Å². The summed E-state index contributed by atoms with van der Waals surface area (Å²) < 4.78 is 24.1. The summed E-state index contributed by atoms with van der Waals surface area (Å²) in [7, 11) is 2.93. The summed E-state index contributed by atoms with van der Waals surface area (Å²) in [6.45, 7) is 1.97. The first kappa shape index (κ1) is 23.0. The molecule has 0 spiro atoms. The molecule has 0 saturated carbocycles. The second-order valence-corrected chi connectivity index (χ2v) is 8.03. The minimum absolute atomic E-state index is 0.0516. The van der Waals surface area contributed by atoms with E-state index in [4.69, 9.17) is 9.47 Å². The van der Waals surface area contributed by atoms with Crippen LogP contribution in [-0.2, 0) is 16.1 Å². The van der Waals surface area contributed by atoms with Crippen molar-refractivity contribution in [3.8, 4) is 11.5 Å². The summed E-state index contributed by atoms with van der Waals surface area (Å²) in [6.07, 6.45) is 0. The van der Waals surface area contributed by atoms with Gasteiger partial charge in [-0.15, -0.1) is 0 Å². The topological polar surface area (TPSA) is 76.1 Å². The zero-order valence-electron chi connectivity index (χ0n) is 19.0. The van der Waals surface area contributed by atoms with Gasteiger partial charge in [-0.1, -0.05) is 42.0 Å². The van der Waals surface area contributed by atoms with Crippen molar-refractivity contribution in [1.82, 2.24) is 4.90 Å². The molecule has 6 nitrogen and oxygen atoms in total. The molecule has 0 radical (unpaired) electrons. The van der Waals surface area contributed by atoms with Gasteiger partial charge in [0, 0.05) is 6.54 Å². The SMILES string of the molecule is COc1ccc(OC)c(/C(O)=C2\C(=O)C(=O)N(Cc3ccc(F)cc3)C2c2cccc(C)c2)c1. The number of aliphatic hydroxyl groups excluding tert-OH is 1. The summed E-state index contributed by atoms with van der Waals surface area (Å²) in [5.74, 6) is -1.54. The number of rotatable bonds is 6. The first-order valence-electron chi connectivity index (χ1n) is 10.7. The number of carbonyl (C=O) groups excluding carboxylic acids is 2. The lowest BCUT2D eigenvalue weighted by molar-refractivity contribution is -0.140. The molecule has 7 heteroatoms. The first-order valence-corrected chi connectivity index (χ1v) is 10.7. The van der Waals surface area contributed by atoms with Crippen molar-refractivity contribution < 1.29 is 28.6 Å². The molecule has 0 aliphatic carbocycles. The van der Waals surface area contributed by atoms with Gasteiger partial charge in [-0.3, -0.25) is 9.59 Å². The number of likely N-dealkylation sites (tertiary alicyclic amines) is 1. The number of hydrogen-bond acceptors (Lipinski definition) is 5. The molecule has 1 N–H and O–H groups in total. The van der Waals surface area contributed by atoms with Crippen LogP contribution in [0.5, 0.6) is 11.5 Å². The highest BCUT2D eigenvalue weighted by atomic mass is 19.1. The Morgan fingerprint density at radius 2 is 1.74 bits per heavy atom. The molecular formula is C27H24FNO5. The van der Waals surface area contributed by atoms with Crippen molar-refractivity contribution in [2.24, 2.45) is 0 Å². The minimum atomic E-state index is -0.846. The Balaban J connectivity index is 1.91. The summed E-state index contributed by atoms with van der Waals surface area (Å²) in [4.78, 5) is 27.8. The summed E-state index contributed by atoms with van der Waals surface area (Å²) in [5, 5.41) is 11.4. The molecule has 1 heterocycles. The number of ketones is 1. The van der Waals surface area contributed by atoms with E-state index in [9.17, 15) is 19.1 Å². The Hall–Kier alpha value is -4.13. The number of nitrogens with zero attached hydrogens (tertiary/aromatic N) is 1. The molecule has 34 heavy (non-hydrogen) atoms. The van der Waals surface area contributed by atoms with Crippen LogP contribution < -0.4 is 9.47 Å². The van der Waals surface area contributed by atoms with Crippen molar-refractivity contribution in [2.75, 3.05) is 14.2 Å². The van der Waals surface area contributed by atoms with Crippen LogP contribution in [0.1, 0.15) is 28.3 Å². The number of methoxy groups -OCH3 is 2. The minimum Gasteiger partial charge on any atom is -0.507 e. The van der Waals surface area contributed by atoms with E-state index in [1.54, 1.807) is 36.4 Å². The maximum absolute atomic E-state index is 13.4. The van der Waals surface area contributed by atoms with Gasteiger partial charge in [-0.25, -0.2) is 4.39 Å². The van der Waals surface area contributed by atoms with Gasteiger partial charge in [0.1, 0.15) is 23.1 Å². The molecule has 1 unspecified atom stereocenters. The lowest BCUT2D eigenvalue weighted by Crippen LogP contribution is -2.29. The van der Waals surface area contributed by atoms with Gasteiger partial charge in [0.05, 0.1) is 31.4 Å². The molecule has 1 aliphatic rings. The molecule has 1 aliphatic heterocycles. The zero-order chi connectivity index (χ0) is 24.4. The summed E-state index contributed by atoms with van der Waals surface area (Å²) >= 11 is 0. The average Bonchev–Trinajstić information content (AvgIpc) is 3.09. The van der Waals surface area contributed by atoms with Gasteiger partial charge < -0.3 is 19.5 Å². The first-order chi connectivity index (χ1) is 16.3. The van der Waals surface area contributed by atoms with Crippen molar-refractivity contribution in [2.45, 2.75) is 19.5 Å². The van der Waals surface area contributed by atoms with E-state index >= 15 is 0 Å². The molecule has 4 rings (SSSR count). The Bertz CT molecular complexity index is 1280. The second-order valence-electron chi connectivity index (χ2n) is 8.03.